The minimum absolute atomic E-state index is 0.840. The zero-order chi connectivity index (χ0) is 8.97. The monoisotopic (exact) mass is 201 g/mol. The summed E-state index contributed by atoms with van der Waals surface area (Å²) in [5.74, 6) is 0.840. The van der Waals surface area contributed by atoms with Gasteiger partial charge in [0, 0.05) is 10.6 Å². The van der Waals surface area contributed by atoms with Crippen LogP contribution in [-0.4, -0.2) is 4.98 Å². The first-order chi connectivity index (χ1) is 5.81. The Morgan fingerprint density at radius 1 is 1.42 bits per heavy atom. The van der Waals surface area contributed by atoms with Gasteiger partial charge in [0.15, 0.2) is 0 Å². The molecule has 0 aliphatic rings. The second-order valence-electron chi connectivity index (χ2n) is 2.74. The molecule has 0 saturated carbocycles. The average Bonchev–Trinajstić information content (AvgIpc) is 2.48. The van der Waals surface area contributed by atoms with Gasteiger partial charge in [-0.1, -0.05) is 20.3 Å². The average molecular weight is 201 g/mol. The molecule has 12 heavy (non-hydrogen) atoms. The van der Waals surface area contributed by atoms with Crippen LogP contribution in [0.3, 0.4) is 0 Å². The Morgan fingerprint density at radius 3 is 2.67 bits per heavy atom. The van der Waals surface area contributed by atoms with Gasteiger partial charge in [-0.2, -0.15) is 12.6 Å². The van der Waals surface area contributed by atoms with E-state index in [1.807, 2.05) is 11.3 Å². The van der Waals surface area contributed by atoms with E-state index in [4.69, 9.17) is 0 Å². The summed E-state index contributed by atoms with van der Waals surface area (Å²) in [7, 11) is 0. The normalized spacial score (nSPS) is 10.6. The number of thiazole rings is 1. The molecule has 0 radical (unpaired) electrons. The van der Waals surface area contributed by atoms with E-state index in [9.17, 15) is 0 Å². The third kappa shape index (κ3) is 2.23. The number of nitrogens with zero attached hydrogens (tertiary/aromatic N) is 1. The molecule has 0 N–H and O–H groups in total. The van der Waals surface area contributed by atoms with Crippen molar-refractivity contribution in [2.75, 3.05) is 0 Å². The van der Waals surface area contributed by atoms with Crippen molar-refractivity contribution in [3.8, 4) is 0 Å². The maximum atomic E-state index is 4.56. The third-order valence-electron chi connectivity index (χ3n) is 1.76. The summed E-state index contributed by atoms with van der Waals surface area (Å²) in [6, 6.07) is 0. The Kier molecular flexibility index (Phi) is 4.09. The first-order valence-corrected chi connectivity index (χ1v) is 5.85. The second-order valence-corrected chi connectivity index (χ2v) is 4.22. The van der Waals surface area contributed by atoms with Crippen molar-refractivity contribution in [2.24, 2.45) is 0 Å². The largest absolute Gasteiger partial charge is 0.246 e. The molecule has 0 aliphatic carbocycles. The summed E-state index contributed by atoms with van der Waals surface area (Å²) in [6.45, 7) is 4.34. The highest BCUT2D eigenvalue weighted by Crippen LogP contribution is 2.21. The molecule has 0 amide bonds. The van der Waals surface area contributed by atoms with Gasteiger partial charge in [0.1, 0.15) is 0 Å². The molecule has 3 heteroatoms. The summed E-state index contributed by atoms with van der Waals surface area (Å²) in [6.07, 6.45) is 3.33. The van der Waals surface area contributed by atoms with Crippen molar-refractivity contribution in [1.82, 2.24) is 4.98 Å². The van der Waals surface area contributed by atoms with Gasteiger partial charge in [-0.25, -0.2) is 4.98 Å². The van der Waals surface area contributed by atoms with E-state index in [1.54, 1.807) is 0 Å². The molecule has 68 valence electrons. The molecule has 0 unspecified atom stereocenters. The van der Waals surface area contributed by atoms with Crippen molar-refractivity contribution in [1.29, 1.82) is 0 Å². The lowest BCUT2D eigenvalue weighted by atomic mass is 10.2. The summed E-state index contributed by atoms with van der Waals surface area (Å²) in [5.41, 5.74) is 1.27. The Balaban J connectivity index is 2.84. The molecule has 1 rings (SSSR count). The Bertz CT molecular complexity index is 243. The predicted molar refractivity (Wildman–Crippen MR) is 58.2 cm³/mol. The molecule has 1 nitrogen and oxygen atoms in total. The highest BCUT2D eigenvalue weighted by molar-refractivity contribution is 7.79. The minimum atomic E-state index is 0.840. The number of hydrogen-bond donors (Lipinski definition) is 1. The Hall–Kier alpha value is -0.0200. The van der Waals surface area contributed by atoms with Crippen LogP contribution in [-0.2, 0) is 18.6 Å². The van der Waals surface area contributed by atoms with Crippen molar-refractivity contribution >= 4 is 24.0 Å². The van der Waals surface area contributed by atoms with Gasteiger partial charge in [0.2, 0.25) is 0 Å². The fraction of sp³-hybridized carbons (Fsp3) is 0.667. The van der Waals surface area contributed by atoms with Crippen LogP contribution in [0.25, 0.3) is 0 Å². The minimum Gasteiger partial charge on any atom is -0.246 e. The molecule has 1 aromatic rings. The van der Waals surface area contributed by atoms with E-state index in [1.165, 1.54) is 22.0 Å². The van der Waals surface area contributed by atoms with E-state index >= 15 is 0 Å². The fourth-order valence-electron chi connectivity index (χ4n) is 1.14. The smallest absolute Gasteiger partial charge is 0.0928 e. The zero-order valence-corrected chi connectivity index (χ0v) is 9.34. The summed E-state index contributed by atoms with van der Waals surface area (Å²) in [4.78, 5) is 5.92. The van der Waals surface area contributed by atoms with Gasteiger partial charge in [0.25, 0.3) is 0 Å². The van der Waals surface area contributed by atoms with Crippen LogP contribution < -0.4 is 0 Å². The number of hydrogen-bond acceptors (Lipinski definition) is 3. The van der Waals surface area contributed by atoms with Crippen molar-refractivity contribution in [3.63, 3.8) is 0 Å². The molecule has 1 aromatic heterocycles. The van der Waals surface area contributed by atoms with Crippen LogP contribution in [0.2, 0.25) is 0 Å². The quantitative estimate of drug-likeness (QED) is 0.739. The van der Waals surface area contributed by atoms with E-state index in [-0.39, 0.29) is 0 Å². The fourth-order valence-corrected chi connectivity index (χ4v) is 2.43. The maximum Gasteiger partial charge on any atom is 0.0928 e. The number of aryl methyl sites for hydroxylation is 2. The van der Waals surface area contributed by atoms with Crippen LogP contribution in [0, 0.1) is 0 Å². The lowest BCUT2D eigenvalue weighted by molar-refractivity contribution is 0.872. The molecular weight excluding hydrogens is 186 g/mol. The summed E-state index contributed by atoms with van der Waals surface area (Å²) < 4.78 is 0. The molecule has 0 aliphatic heterocycles. The molecule has 0 saturated heterocycles. The highest BCUT2D eigenvalue weighted by Gasteiger charge is 2.07. The topological polar surface area (TPSA) is 12.9 Å². The van der Waals surface area contributed by atoms with E-state index in [0.717, 1.165) is 18.6 Å². The van der Waals surface area contributed by atoms with Gasteiger partial charge in [-0.05, 0) is 12.8 Å². The van der Waals surface area contributed by atoms with Gasteiger partial charge in [-0.15, -0.1) is 11.3 Å². The summed E-state index contributed by atoms with van der Waals surface area (Å²) in [5, 5.41) is 1.25. The predicted octanol–water partition coefficient (Wildman–Crippen LogP) is 3.09. The number of thiol groups is 1. The maximum absolute atomic E-state index is 4.56. The van der Waals surface area contributed by atoms with Crippen LogP contribution in [0.4, 0.5) is 0 Å². The van der Waals surface area contributed by atoms with E-state index in [0.29, 0.717) is 0 Å². The standard InChI is InChI=1S/C9H15NS2/c1-3-5-7-8(6-11)12-9(4-2)10-7/h11H,3-6H2,1-2H3. The number of aromatic nitrogens is 1. The van der Waals surface area contributed by atoms with Crippen LogP contribution >= 0.6 is 24.0 Å². The first kappa shape index (κ1) is 10.1. The van der Waals surface area contributed by atoms with Gasteiger partial charge in [-0.3, -0.25) is 0 Å². The van der Waals surface area contributed by atoms with Crippen LogP contribution in [0.1, 0.15) is 35.8 Å². The lowest BCUT2D eigenvalue weighted by Gasteiger charge is -1.94. The molecular formula is C9H15NS2. The van der Waals surface area contributed by atoms with Crippen molar-refractivity contribution in [2.45, 2.75) is 38.9 Å². The van der Waals surface area contributed by atoms with Gasteiger partial charge in [0.05, 0.1) is 10.7 Å². The molecule has 0 spiro atoms. The second kappa shape index (κ2) is 4.87. The zero-order valence-electron chi connectivity index (χ0n) is 7.63. The molecule has 1 heterocycles. The van der Waals surface area contributed by atoms with Crippen molar-refractivity contribution in [3.05, 3.63) is 15.6 Å². The molecule has 0 fully saturated rings. The Morgan fingerprint density at radius 2 is 2.17 bits per heavy atom. The van der Waals surface area contributed by atoms with E-state index in [2.05, 4.69) is 31.5 Å². The lowest BCUT2D eigenvalue weighted by Crippen LogP contribution is -1.88. The Labute approximate surface area is 83.6 Å². The van der Waals surface area contributed by atoms with E-state index < -0.39 is 0 Å². The molecule has 0 atom stereocenters. The highest BCUT2D eigenvalue weighted by atomic mass is 32.1. The first-order valence-electron chi connectivity index (χ1n) is 4.40. The SMILES string of the molecule is CCCc1nc(CC)sc1CS. The molecule has 0 bridgehead atoms. The van der Waals surface area contributed by atoms with Crippen LogP contribution in [0.5, 0.6) is 0 Å². The molecule has 0 aromatic carbocycles. The van der Waals surface area contributed by atoms with Crippen LogP contribution in [0.15, 0.2) is 0 Å². The summed E-state index contributed by atoms with van der Waals surface area (Å²) >= 11 is 6.11. The van der Waals surface area contributed by atoms with Gasteiger partial charge < -0.3 is 0 Å². The number of rotatable bonds is 4. The third-order valence-corrected chi connectivity index (χ3v) is 3.53. The van der Waals surface area contributed by atoms with Gasteiger partial charge >= 0.3 is 0 Å². The van der Waals surface area contributed by atoms with Crippen molar-refractivity contribution < 1.29 is 0 Å².